The van der Waals surface area contributed by atoms with Gasteiger partial charge in [-0.1, -0.05) is 66.4 Å². The van der Waals surface area contributed by atoms with Crippen LogP contribution in [0.1, 0.15) is 0 Å². The Hall–Kier alpha value is -3.04. The first-order chi connectivity index (χ1) is 12.8. The highest BCUT2D eigenvalue weighted by Crippen LogP contribution is 2.31. The Bertz CT molecular complexity index is 1210. The van der Waals surface area contributed by atoms with E-state index in [1.165, 1.54) is 20.6 Å². The zero-order chi connectivity index (χ0) is 17.3. The quantitative estimate of drug-likeness (QED) is 0.400. The number of H-pyrrole nitrogens is 1. The van der Waals surface area contributed by atoms with Crippen LogP contribution in [0.15, 0.2) is 101 Å². The van der Waals surface area contributed by atoms with Crippen molar-refractivity contribution in [1.29, 1.82) is 0 Å². The van der Waals surface area contributed by atoms with Crippen molar-refractivity contribution in [2.45, 2.75) is 9.79 Å². The molecule has 0 amide bonds. The van der Waals surface area contributed by atoms with Crippen LogP contribution in [0, 0.1) is 0 Å². The summed E-state index contributed by atoms with van der Waals surface area (Å²) in [6.45, 7) is 0. The van der Waals surface area contributed by atoms with Crippen LogP contribution in [-0.2, 0) is 0 Å². The van der Waals surface area contributed by atoms with E-state index in [4.69, 9.17) is 4.98 Å². The lowest BCUT2D eigenvalue weighted by Crippen LogP contribution is -1.80. The molecule has 0 aliphatic rings. The maximum atomic E-state index is 4.77. The molecule has 3 heteroatoms. The Kier molecular flexibility index (Phi) is 3.72. The molecule has 0 spiro atoms. The number of hydrogen-bond donors (Lipinski definition) is 1. The summed E-state index contributed by atoms with van der Waals surface area (Å²) < 4.78 is 0. The molecule has 26 heavy (non-hydrogen) atoms. The molecular formula is C23H16N2S. The minimum atomic E-state index is 0.910. The lowest BCUT2D eigenvalue weighted by atomic mass is 10.1. The summed E-state index contributed by atoms with van der Waals surface area (Å²) in [5, 5.41) is 2.47. The highest BCUT2D eigenvalue weighted by Gasteiger charge is 2.07. The fraction of sp³-hybridized carbons (Fsp3) is 0. The molecule has 2 nitrogen and oxygen atoms in total. The number of aromatic amines is 1. The van der Waals surface area contributed by atoms with Crippen molar-refractivity contribution in [1.82, 2.24) is 9.97 Å². The topological polar surface area (TPSA) is 28.7 Å². The number of aromatic nitrogens is 2. The molecule has 0 radical (unpaired) electrons. The standard InChI is InChI=1S/C23H16N2S/c1-2-8-19(9-3-1)26-20-12-13-21-22(15-20)25-23(24-21)18-11-10-16-6-4-5-7-17(16)14-18/h1-15H,(H,24,25). The molecule has 5 rings (SSSR count). The fourth-order valence-corrected chi connectivity index (χ4v) is 4.03. The van der Waals surface area contributed by atoms with Crippen molar-refractivity contribution in [2.75, 3.05) is 0 Å². The number of hydrogen-bond acceptors (Lipinski definition) is 2. The highest BCUT2D eigenvalue weighted by molar-refractivity contribution is 7.99. The van der Waals surface area contributed by atoms with Gasteiger partial charge in [-0.3, -0.25) is 0 Å². The summed E-state index contributed by atoms with van der Waals surface area (Å²) in [6.07, 6.45) is 0. The zero-order valence-corrected chi connectivity index (χ0v) is 14.8. The number of nitrogens with zero attached hydrogens (tertiary/aromatic N) is 1. The summed E-state index contributed by atoms with van der Waals surface area (Å²) in [4.78, 5) is 10.7. The average Bonchev–Trinajstić information content (AvgIpc) is 3.12. The second-order valence-electron chi connectivity index (χ2n) is 6.24. The molecule has 0 aliphatic carbocycles. The predicted octanol–water partition coefficient (Wildman–Crippen LogP) is 6.53. The number of nitrogens with one attached hydrogen (secondary N) is 1. The van der Waals surface area contributed by atoms with Gasteiger partial charge in [-0.25, -0.2) is 4.98 Å². The molecule has 1 heterocycles. The average molecular weight is 352 g/mol. The van der Waals surface area contributed by atoms with Crippen LogP contribution in [0.25, 0.3) is 33.2 Å². The summed E-state index contributed by atoms with van der Waals surface area (Å²) in [5.41, 5.74) is 3.16. The van der Waals surface area contributed by atoms with E-state index in [0.29, 0.717) is 0 Å². The van der Waals surface area contributed by atoms with Crippen LogP contribution in [0.4, 0.5) is 0 Å². The van der Waals surface area contributed by atoms with Crippen LogP contribution in [0.2, 0.25) is 0 Å². The summed E-state index contributed by atoms with van der Waals surface area (Å²) in [6, 6.07) is 31.7. The largest absolute Gasteiger partial charge is 0.338 e. The first-order valence-electron chi connectivity index (χ1n) is 8.57. The van der Waals surface area contributed by atoms with Gasteiger partial charge in [-0.2, -0.15) is 0 Å². The van der Waals surface area contributed by atoms with E-state index in [1.807, 2.05) is 6.07 Å². The van der Waals surface area contributed by atoms with E-state index in [2.05, 4.69) is 89.9 Å². The van der Waals surface area contributed by atoms with Gasteiger partial charge in [0.25, 0.3) is 0 Å². The smallest absolute Gasteiger partial charge is 0.138 e. The van der Waals surface area contributed by atoms with Crippen LogP contribution < -0.4 is 0 Å². The van der Waals surface area contributed by atoms with Gasteiger partial charge in [-0.05, 0) is 47.2 Å². The number of imidazole rings is 1. The van der Waals surface area contributed by atoms with Crippen molar-refractivity contribution in [3.05, 3.63) is 91.0 Å². The van der Waals surface area contributed by atoms with E-state index in [1.54, 1.807) is 11.8 Å². The Morgan fingerprint density at radius 1 is 0.654 bits per heavy atom. The van der Waals surface area contributed by atoms with E-state index in [9.17, 15) is 0 Å². The van der Waals surface area contributed by atoms with E-state index < -0.39 is 0 Å². The van der Waals surface area contributed by atoms with Gasteiger partial charge < -0.3 is 4.98 Å². The molecule has 1 N–H and O–H groups in total. The Balaban J connectivity index is 1.52. The Morgan fingerprint density at radius 2 is 1.46 bits per heavy atom. The first kappa shape index (κ1) is 15.2. The summed E-state index contributed by atoms with van der Waals surface area (Å²) in [5.74, 6) is 0.910. The lowest BCUT2D eigenvalue weighted by molar-refractivity contribution is 1.34. The molecular weight excluding hydrogens is 336 g/mol. The van der Waals surface area contributed by atoms with E-state index in [0.717, 1.165) is 22.4 Å². The van der Waals surface area contributed by atoms with E-state index >= 15 is 0 Å². The summed E-state index contributed by atoms with van der Waals surface area (Å²) in [7, 11) is 0. The molecule has 124 valence electrons. The van der Waals surface area contributed by atoms with Crippen molar-refractivity contribution >= 4 is 33.6 Å². The minimum absolute atomic E-state index is 0.910. The predicted molar refractivity (Wildman–Crippen MR) is 110 cm³/mol. The summed E-state index contributed by atoms with van der Waals surface area (Å²) >= 11 is 1.76. The van der Waals surface area contributed by atoms with Crippen LogP contribution >= 0.6 is 11.8 Å². The third-order valence-electron chi connectivity index (χ3n) is 4.46. The lowest BCUT2D eigenvalue weighted by Gasteiger charge is -2.01. The Morgan fingerprint density at radius 3 is 2.35 bits per heavy atom. The van der Waals surface area contributed by atoms with Crippen LogP contribution in [0.3, 0.4) is 0 Å². The van der Waals surface area contributed by atoms with Gasteiger partial charge in [0.2, 0.25) is 0 Å². The van der Waals surface area contributed by atoms with Gasteiger partial charge in [0.1, 0.15) is 5.82 Å². The maximum Gasteiger partial charge on any atom is 0.138 e. The maximum absolute atomic E-state index is 4.77. The molecule has 0 saturated carbocycles. The van der Waals surface area contributed by atoms with E-state index in [-0.39, 0.29) is 0 Å². The normalized spacial score (nSPS) is 11.2. The van der Waals surface area contributed by atoms with Gasteiger partial charge in [0, 0.05) is 15.4 Å². The minimum Gasteiger partial charge on any atom is -0.338 e. The molecule has 0 atom stereocenters. The zero-order valence-electron chi connectivity index (χ0n) is 14.0. The van der Waals surface area contributed by atoms with Gasteiger partial charge in [0.05, 0.1) is 11.0 Å². The molecule has 0 fully saturated rings. The SMILES string of the molecule is c1ccc(Sc2ccc3nc(-c4ccc5ccccc5c4)[nH]c3c2)cc1. The second kappa shape index (κ2) is 6.36. The second-order valence-corrected chi connectivity index (χ2v) is 7.39. The van der Waals surface area contributed by atoms with Gasteiger partial charge in [0.15, 0.2) is 0 Å². The molecule has 1 aromatic heterocycles. The van der Waals surface area contributed by atoms with Crippen LogP contribution in [0.5, 0.6) is 0 Å². The number of fused-ring (bicyclic) bond motifs is 2. The monoisotopic (exact) mass is 352 g/mol. The highest BCUT2D eigenvalue weighted by atomic mass is 32.2. The molecule has 0 bridgehead atoms. The van der Waals surface area contributed by atoms with Crippen molar-refractivity contribution in [2.24, 2.45) is 0 Å². The Labute approximate surface area is 155 Å². The molecule has 0 saturated heterocycles. The molecule has 4 aromatic carbocycles. The molecule has 0 aliphatic heterocycles. The molecule has 0 unspecified atom stereocenters. The number of benzene rings is 4. The number of rotatable bonds is 3. The van der Waals surface area contributed by atoms with Gasteiger partial charge in [-0.15, -0.1) is 0 Å². The van der Waals surface area contributed by atoms with Gasteiger partial charge >= 0.3 is 0 Å². The third kappa shape index (κ3) is 2.87. The van der Waals surface area contributed by atoms with Crippen molar-refractivity contribution in [3.63, 3.8) is 0 Å². The first-order valence-corrected chi connectivity index (χ1v) is 9.39. The van der Waals surface area contributed by atoms with Crippen molar-refractivity contribution < 1.29 is 0 Å². The van der Waals surface area contributed by atoms with Crippen LogP contribution in [-0.4, -0.2) is 9.97 Å². The fourth-order valence-electron chi connectivity index (χ4n) is 3.15. The van der Waals surface area contributed by atoms with Crippen molar-refractivity contribution in [3.8, 4) is 11.4 Å². The molecule has 5 aromatic rings. The third-order valence-corrected chi connectivity index (χ3v) is 5.45.